The van der Waals surface area contributed by atoms with E-state index in [0.717, 1.165) is 18.4 Å². The quantitative estimate of drug-likeness (QED) is 0.817. The lowest BCUT2D eigenvalue weighted by Crippen LogP contribution is -2.42. The first kappa shape index (κ1) is 15.9. The lowest BCUT2D eigenvalue weighted by molar-refractivity contribution is -0.130. The highest BCUT2D eigenvalue weighted by atomic mass is 19.1. The van der Waals surface area contributed by atoms with Crippen LogP contribution in [0.15, 0.2) is 24.3 Å². The average molecular weight is 319 g/mol. The van der Waals surface area contributed by atoms with Crippen LogP contribution in [0.25, 0.3) is 0 Å². The molecule has 1 aliphatic carbocycles. The van der Waals surface area contributed by atoms with Crippen LogP contribution in [0.2, 0.25) is 0 Å². The maximum atomic E-state index is 13.0. The van der Waals surface area contributed by atoms with Gasteiger partial charge in [-0.1, -0.05) is 12.1 Å². The first-order chi connectivity index (χ1) is 10.9. The summed E-state index contributed by atoms with van der Waals surface area (Å²) >= 11 is 0. The Labute approximate surface area is 135 Å². The van der Waals surface area contributed by atoms with Gasteiger partial charge in [0, 0.05) is 25.7 Å². The van der Waals surface area contributed by atoms with Crippen molar-refractivity contribution < 1.29 is 14.0 Å². The molecule has 0 unspecified atom stereocenters. The monoisotopic (exact) mass is 319 g/mol. The molecule has 23 heavy (non-hydrogen) atoms. The normalized spacial score (nSPS) is 20.3. The largest absolute Gasteiger partial charge is 0.325 e. The first-order valence-electron chi connectivity index (χ1n) is 7.99. The maximum Gasteiger partial charge on any atom is 0.325 e. The Morgan fingerprint density at radius 2 is 1.91 bits per heavy atom. The Hall–Kier alpha value is -1.95. The number of amides is 3. The van der Waals surface area contributed by atoms with Crippen molar-refractivity contribution in [3.8, 4) is 0 Å². The van der Waals surface area contributed by atoms with Gasteiger partial charge in [-0.05, 0) is 44.4 Å². The Kier molecular flexibility index (Phi) is 4.10. The molecule has 1 N–H and O–H groups in total. The van der Waals surface area contributed by atoms with Gasteiger partial charge in [0.25, 0.3) is 5.91 Å². The minimum Gasteiger partial charge on any atom is -0.324 e. The summed E-state index contributed by atoms with van der Waals surface area (Å²) in [5.74, 6) is -0.423. The summed E-state index contributed by atoms with van der Waals surface area (Å²) in [5.41, 5.74) is 0.217. The molecule has 124 valence electrons. The smallest absolute Gasteiger partial charge is 0.324 e. The molecule has 1 aromatic rings. The number of hydrogen-bond acceptors (Lipinski definition) is 3. The minimum absolute atomic E-state index is 0.181. The van der Waals surface area contributed by atoms with Gasteiger partial charge in [-0.15, -0.1) is 0 Å². The van der Waals surface area contributed by atoms with Gasteiger partial charge >= 0.3 is 6.03 Å². The summed E-state index contributed by atoms with van der Waals surface area (Å²) in [4.78, 5) is 27.7. The van der Waals surface area contributed by atoms with Crippen molar-refractivity contribution in [2.45, 2.75) is 44.8 Å². The summed E-state index contributed by atoms with van der Waals surface area (Å²) in [5, 5.41) is 2.69. The van der Waals surface area contributed by atoms with Gasteiger partial charge in [-0.3, -0.25) is 14.6 Å². The molecule has 1 aromatic carbocycles. The standard InChI is InChI=1S/C17H22FN3O2/c1-17(2)15(22)21(16(23)19-17)10-9-20(14-7-8-14)11-12-3-5-13(18)6-4-12/h3-6,14H,7-11H2,1-2H3,(H,19,23). The van der Waals surface area contributed by atoms with E-state index in [1.54, 1.807) is 26.0 Å². The Morgan fingerprint density at radius 3 is 2.43 bits per heavy atom. The van der Waals surface area contributed by atoms with E-state index in [1.807, 2.05) is 0 Å². The number of carbonyl (C=O) groups is 2. The van der Waals surface area contributed by atoms with Crippen molar-refractivity contribution in [1.29, 1.82) is 0 Å². The molecule has 1 saturated heterocycles. The topological polar surface area (TPSA) is 52.7 Å². The molecule has 0 radical (unpaired) electrons. The molecule has 0 atom stereocenters. The molecule has 2 fully saturated rings. The van der Waals surface area contributed by atoms with Crippen LogP contribution >= 0.6 is 0 Å². The Bertz CT molecular complexity index is 611. The zero-order valence-corrected chi connectivity index (χ0v) is 13.5. The van der Waals surface area contributed by atoms with Crippen LogP contribution in [0.5, 0.6) is 0 Å². The van der Waals surface area contributed by atoms with Crippen LogP contribution in [0.4, 0.5) is 9.18 Å². The Morgan fingerprint density at radius 1 is 1.26 bits per heavy atom. The molecule has 1 aliphatic heterocycles. The van der Waals surface area contributed by atoms with Gasteiger partial charge in [0.1, 0.15) is 11.4 Å². The number of carbonyl (C=O) groups excluding carboxylic acids is 2. The van der Waals surface area contributed by atoms with Gasteiger partial charge in [0.05, 0.1) is 0 Å². The third kappa shape index (κ3) is 3.52. The molecule has 0 aromatic heterocycles. The number of nitrogens with one attached hydrogen (secondary N) is 1. The third-order valence-electron chi connectivity index (χ3n) is 4.42. The fourth-order valence-electron chi connectivity index (χ4n) is 2.90. The van der Waals surface area contributed by atoms with E-state index in [2.05, 4.69) is 10.2 Å². The van der Waals surface area contributed by atoms with Crippen LogP contribution in [-0.2, 0) is 11.3 Å². The molecule has 3 amide bonds. The van der Waals surface area contributed by atoms with Crippen molar-refractivity contribution >= 4 is 11.9 Å². The lowest BCUT2D eigenvalue weighted by atomic mass is 10.1. The van der Waals surface area contributed by atoms with E-state index in [4.69, 9.17) is 0 Å². The van der Waals surface area contributed by atoms with Gasteiger partial charge in [0.2, 0.25) is 0 Å². The highest BCUT2D eigenvalue weighted by Gasteiger charge is 2.44. The average Bonchev–Trinajstić information content (AvgIpc) is 3.29. The van der Waals surface area contributed by atoms with Crippen molar-refractivity contribution in [1.82, 2.24) is 15.1 Å². The molecule has 5 nitrogen and oxygen atoms in total. The molecule has 1 heterocycles. The zero-order valence-electron chi connectivity index (χ0n) is 13.5. The molecule has 0 spiro atoms. The second-order valence-electron chi connectivity index (χ2n) is 6.84. The van der Waals surface area contributed by atoms with Gasteiger partial charge in [0.15, 0.2) is 0 Å². The molecule has 6 heteroatoms. The molecule has 0 bridgehead atoms. The first-order valence-corrected chi connectivity index (χ1v) is 7.99. The van der Waals surface area contributed by atoms with E-state index in [-0.39, 0.29) is 17.8 Å². The summed E-state index contributed by atoms with van der Waals surface area (Å²) < 4.78 is 13.0. The number of urea groups is 1. The fourth-order valence-corrected chi connectivity index (χ4v) is 2.90. The van der Waals surface area contributed by atoms with E-state index < -0.39 is 5.54 Å². The predicted octanol–water partition coefficient (Wildman–Crippen LogP) is 2.12. The second-order valence-corrected chi connectivity index (χ2v) is 6.84. The number of nitrogens with zero attached hydrogens (tertiary/aromatic N) is 2. The fraction of sp³-hybridized carbons (Fsp3) is 0.529. The van der Waals surface area contributed by atoms with Crippen molar-refractivity contribution in [2.75, 3.05) is 13.1 Å². The van der Waals surface area contributed by atoms with Crippen molar-refractivity contribution in [3.05, 3.63) is 35.6 Å². The summed E-state index contributed by atoms with van der Waals surface area (Å²) in [7, 11) is 0. The van der Waals surface area contributed by atoms with Crippen LogP contribution < -0.4 is 5.32 Å². The highest BCUT2D eigenvalue weighted by molar-refractivity contribution is 6.06. The zero-order chi connectivity index (χ0) is 16.6. The van der Waals surface area contributed by atoms with Crippen LogP contribution in [0.3, 0.4) is 0 Å². The molecule has 2 aliphatic rings. The number of rotatable bonds is 6. The van der Waals surface area contributed by atoms with Crippen LogP contribution in [-0.4, -0.2) is 46.4 Å². The molecular weight excluding hydrogens is 297 g/mol. The minimum atomic E-state index is -0.821. The number of imide groups is 1. The number of hydrogen-bond donors (Lipinski definition) is 1. The van der Waals surface area contributed by atoms with E-state index in [1.165, 1.54) is 17.0 Å². The second kappa shape index (κ2) is 5.92. The van der Waals surface area contributed by atoms with Crippen LogP contribution in [0.1, 0.15) is 32.3 Å². The van der Waals surface area contributed by atoms with Gasteiger partial charge in [-0.25, -0.2) is 9.18 Å². The lowest BCUT2D eigenvalue weighted by Gasteiger charge is -2.24. The summed E-state index contributed by atoms with van der Waals surface area (Å²) in [6, 6.07) is 6.65. The summed E-state index contributed by atoms with van der Waals surface area (Å²) in [6.45, 7) is 5.15. The van der Waals surface area contributed by atoms with Gasteiger partial charge < -0.3 is 5.32 Å². The van der Waals surface area contributed by atoms with Gasteiger partial charge in [-0.2, -0.15) is 0 Å². The predicted molar refractivity (Wildman–Crippen MR) is 84.2 cm³/mol. The SMILES string of the molecule is CC1(C)NC(=O)N(CCN(Cc2ccc(F)cc2)C2CC2)C1=O. The number of benzene rings is 1. The number of halogens is 1. The van der Waals surface area contributed by atoms with Crippen molar-refractivity contribution in [3.63, 3.8) is 0 Å². The van der Waals surface area contributed by atoms with Crippen LogP contribution in [0, 0.1) is 5.82 Å². The van der Waals surface area contributed by atoms with Crippen molar-refractivity contribution in [2.24, 2.45) is 0 Å². The van der Waals surface area contributed by atoms with E-state index >= 15 is 0 Å². The highest BCUT2D eigenvalue weighted by Crippen LogP contribution is 2.28. The Balaban J connectivity index is 1.61. The third-order valence-corrected chi connectivity index (χ3v) is 4.42. The molecular formula is C17H22FN3O2. The maximum absolute atomic E-state index is 13.0. The van der Waals surface area contributed by atoms with E-state index in [0.29, 0.717) is 25.7 Å². The molecule has 1 saturated carbocycles. The molecule has 3 rings (SSSR count). The van der Waals surface area contributed by atoms with E-state index in [9.17, 15) is 14.0 Å². The summed E-state index contributed by atoms with van der Waals surface area (Å²) in [6.07, 6.45) is 2.26.